The molecule has 0 radical (unpaired) electrons. The molecule has 3 aromatic heterocycles. The Hall–Kier alpha value is -3.64. The minimum Gasteiger partial charge on any atom is -0.366 e. The standard InChI is InChI=1S/C19H18F3N7O3/c20-19(21,22)8-14(30)28-5-2-18(28)1-4-27(10-18)13-7-12(26-29-6-3-23-15(13)29)11-9-24-17(32)25-16(11)31/h3,6-7,9H,1-2,4-5,8,10H2,(H2,24,25,31,32). The summed E-state index contributed by atoms with van der Waals surface area (Å²) in [5.41, 5.74) is -0.296. The zero-order valence-electron chi connectivity index (χ0n) is 16.6. The molecule has 3 aromatic rings. The van der Waals surface area contributed by atoms with Crippen molar-refractivity contribution in [1.29, 1.82) is 0 Å². The van der Waals surface area contributed by atoms with Gasteiger partial charge in [-0.3, -0.25) is 14.6 Å². The van der Waals surface area contributed by atoms with Gasteiger partial charge in [0.2, 0.25) is 5.91 Å². The van der Waals surface area contributed by atoms with E-state index in [1.807, 2.05) is 4.90 Å². The van der Waals surface area contributed by atoms with Crippen molar-refractivity contribution >= 4 is 17.2 Å². The molecule has 32 heavy (non-hydrogen) atoms. The van der Waals surface area contributed by atoms with Gasteiger partial charge < -0.3 is 14.8 Å². The first-order chi connectivity index (χ1) is 15.2. The number of rotatable bonds is 3. The van der Waals surface area contributed by atoms with Crippen LogP contribution in [0.5, 0.6) is 0 Å². The van der Waals surface area contributed by atoms with E-state index in [-0.39, 0.29) is 5.56 Å². The molecular weight excluding hydrogens is 431 g/mol. The first-order valence-corrected chi connectivity index (χ1v) is 9.94. The number of hydrogen-bond donors (Lipinski definition) is 2. The summed E-state index contributed by atoms with van der Waals surface area (Å²) in [5.74, 6) is -0.910. The molecule has 2 aliphatic heterocycles. The Labute approximate surface area is 177 Å². The van der Waals surface area contributed by atoms with Gasteiger partial charge in [-0.15, -0.1) is 0 Å². The largest absolute Gasteiger partial charge is 0.397 e. The van der Waals surface area contributed by atoms with E-state index in [4.69, 9.17) is 0 Å². The number of likely N-dealkylation sites (tertiary alicyclic amines) is 1. The Morgan fingerprint density at radius 2 is 2.00 bits per heavy atom. The third-order valence-electron chi connectivity index (χ3n) is 6.13. The van der Waals surface area contributed by atoms with Gasteiger partial charge in [0.1, 0.15) is 12.1 Å². The molecule has 1 spiro atoms. The molecule has 10 nitrogen and oxygen atoms in total. The molecule has 1 atom stereocenters. The zero-order valence-corrected chi connectivity index (χ0v) is 16.6. The van der Waals surface area contributed by atoms with E-state index in [0.29, 0.717) is 49.5 Å². The van der Waals surface area contributed by atoms with Gasteiger partial charge in [-0.2, -0.15) is 18.3 Å². The molecule has 5 heterocycles. The maximum Gasteiger partial charge on any atom is 0.397 e. The summed E-state index contributed by atoms with van der Waals surface area (Å²) in [4.78, 5) is 48.0. The Kier molecular flexibility index (Phi) is 4.39. The average Bonchev–Trinajstić information content (AvgIpc) is 3.33. The van der Waals surface area contributed by atoms with Crippen LogP contribution in [0.1, 0.15) is 19.3 Å². The number of imidazole rings is 1. The van der Waals surface area contributed by atoms with Crippen molar-refractivity contribution in [1.82, 2.24) is 29.5 Å². The fraction of sp³-hybridized carbons (Fsp3) is 0.421. The Morgan fingerprint density at radius 1 is 1.22 bits per heavy atom. The van der Waals surface area contributed by atoms with Gasteiger partial charge in [-0.05, 0) is 18.9 Å². The lowest BCUT2D eigenvalue weighted by atomic mass is 9.83. The van der Waals surface area contributed by atoms with Gasteiger partial charge in [0.15, 0.2) is 5.65 Å². The molecular formula is C19H18F3N7O3. The average molecular weight is 449 g/mol. The molecule has 5 rings (SSSR count). The number of hydrogen-bond acceptors (Lipinski definition) is 6. The van der Waals surface area contributed by atoms with E-state index in [0.717, 1.165) is 0 Å². The number of aromatic amines is 2. The topological polar surface area (TPSA) is 119 Å². The van der Waals surface area contributed by atoms with Gasteiger partial charge in [-0.1, -0.05) is 0 Å². The third-order valence-corrected chi connectivity index (χ3v) is 6.13. The predicted octanol–water partition coefficient (Wildman–Crippen LogP) is 0.906. The van der Waals surface area contributed by atoms with Crippen molar-refractivity contribution in [3.05, 3.63) is 45.5 Å². The summed E-state index contributed by atoms with van der Waals surface area (Å²) in [7, 11) is 0. The monoisotopic (exact) mass is 449 g/mol. The quantitative estimate of drug-likeness (QED) is 0.614. The van der Waals surface area contributed by atoms with E-state index < -0.39 is 35.3 Å². The molecule has 2 N–H and O–H groups in total. The molecule has 0 saturated carbocycles. The number of alkyl halides is 3. The third kappa shape index (κ3) is 3.33. The molecule has 0 aliphatic carbocycles. The molecule has 0 bridgehead atoms. The number of anilines is 1. The number of carbonyl (C=O) groups excluding carboxylic acids is 1. The van der Waals surface area contributed by atoms with Crippen molar-refractivity contribution in [3.8, 4) is 11.3 Å². The van der Waals surface area contributed by atoms with Crippen LogP contribution >= 0.6 is 0 Å². The number of amides is 1. The zero-order chi connectivity index (χ0) is 22.7. The van der Waals surface area contributed by atoms with Crippen molar-refractivity contribution in [2.45, 2.75) is 31.0 Å². The van der Waals surface area contributed by atoms with Crippen LogP contribution in [0.2, 0.25) is 0 Å². The minimum absolute atomic E-state index is 0.154. The summed E-state index contributed by atoms with van der Waals surface area (Å²) in [6.45, 7) is 1.16. The van der Waals surface area contributed by atoms with Gasteiger partial charge in [0, 0.05) is 38.2 Å². The van der Waals surface area contributed by atoms with Crippen molar-refractivity contribution in [3.63, 3.8) is 0 Å². The van der Waals surface area contributed by atoms with E-state index >= 15 is 0 Å². The number of fused-ring (bicyclic) bond motifs is 1. The van der Waals surface area contributed by atoms with E-state index in [1.54, 1.807) is 18.5 Å². The maximum atomic E-state index is 12.7. The highest BCUT2D eigenvalue weighted by Gasteiger charge is 2.53. The Balaban J connectivity index is 1.48. The SMILES string of the molecule is O=C(CC(F)(F)F)N1CCC12CCN(c1cc(-c3c[nH]c(=O)[nH]c3=O)nn3ccnc13)C2. The second-order valence-corrected chi connectivity index (χ2v) is 8.08. The van der Waals surface area contributed by atoms with Crippen LogP contribution in [0.15, 0.2) is 34.2 Å². The van der Waals surface area contributed by atoms with Crippen LogP contribution < -0.4 is 16.1 Å². The number of H-pyrrole nitrogens is 2. The van der Waals surface area contributed by atoms with Crippen molar-refractivity contribution in [2.24, 2.45) is 0 Å². The fourth-order valence-corrected chi connectivity index (χ4v) is 4.55. The van der Waals surface area contributed by atoms with Crippen LogP contribution in [-0.4, -0.2) is 66.7 Å². The Morgan fingerprint density at radius 3 is 2.69 bits per heavy atom. The number of aromatic nitrogens is 5. The van der Waals surface area contributed by atoms with Crippen LogP contribution in [-0.2, 0) is 4.79 Å². The molecule has 2 saturated heterocycles. The van der Waals surface area contributed by atoms with Crippen molar-refractivity contribution in [2.75, 3.05) is 24.5 Å². The fourth-order valence-electron chi connectivity index (χ4n) is 4.55. The summed E-state index contributed by atoms with van der Waals surface area (Å²) in [5, 5.41) is 4.38. The minimum atomic E-state index is -4.54. The molecule has 168 valence electrons. The molecule has 1 unspecified atom stereocenters. The second kappa shape index (κ2) is 6.93. The maximum absolute atomic E-state index is 12.7. The number of halogens is 3. The molecule has 1 amide bonds. The lowest BCUT2D eigenvalue weighted by Crippen LogP contribution is -2.63. The number of carbonyl (C=O) groups is 1. The van der Waals surface area contributed by atoms with Crippen LogP contribution in [0.4, 0.5) is 18.9 Å². The highest BCUT2D eigenvalue weighted by Crippen LogP contribution is 2.42. The van der Waals surface area contributed by atoms with Crippen LogP contribution in [0, 0.1) is 0 Å². The summed E-state index contributed by atoms with van der Waals surface area (Å²) < 4.78 is 39.7. The van der Waals surface area contributed by atoms with Gasteiger partial charge in [0.05, 0.1) is 16.8 Å². The normalized spacial score (nSPS) is 20.8. The predicted molar refractivity (Wildman–Crippen MR) is 106 cm³/mol. The second-order valence-electron chi connectivity index (χ2n) is 8.08. The van der Waals surface area contributed by atoms with Crippen LogP contribution in [0.3, 0.4) is 0 Å². The summed E-state index contributed by atoms with van der Waals surface area (Å²) in [6, 6.07) is 1.66. The molecule has 2 aliphatic rings. The van der Waals surface area contributed by atoms with Gasteiger partial charge >= 0.3 is 11.9 Å². The number of nitrogens with one attached hydrogen (secondary N) is 2. The molecule has 13 heteroatoms. The van der Waals surface area contributed by atoms with Gasteiger partial charge in [-0.25, -0.2) is 14.3 Å². The highest BCUT2D eigenvalue weighted by atomic mass is 19.4. The smallest absolute Gasteiger partial charge is 0.366 e. The summed E-state index contributed by atoms with van der Waals surface area (Å²) >= 11 is 0. The molecule has 2 fully saturated rings. The Bertz CT molecular complexity index is 1330. The lowest BCUT2D eigenvalue weighted by Gasteiger charge is -2.50. The molecule has 0 aromatic carbocycles. The highest BCUT2D eigenvalue weighted by molar-refractivity contribution is 5.80. The van der Waals surface area contributed by atoms with Crippen molar-refractivity contribution < 1.29 is 18.0 Å². The first-order valence-electron chi connectivity index (χ1n) is 9.94. The lowest BCUT2D eigenvalue weighted by molar-refractivity contribution is -0.171. The van der Waals surface area contributed by atoms with E-state index in [9.17, 15) is 27.6 Å². The van der Waals surface area contributed by atoms with Gasteiger partial charge in [0.25, 0.3) is 5.56 Å². The number of nitrogens with zero attached hydrogens (tertiary/aromatic N) is 5. The first kappa shape index (κ1) is 20.3. The summed E-state index contributed by atoms with van der Waals surface area (Å²) in [6.07, 6.45) is -0.441. The van der Waals surface area contributed by atoms with Crippen LogP contribution in [0.25, 0.3) is 16.9 Å². The van der Waals surface area contributed by atoms with E-state index in [1.165, 1.54) is 15.6 Å². The van der Waals surface area contributed by atoms with E-state index in [2.05, 4.69) is 20.1 Å².